The summed E-state index contributed by atoms with van der Waals surface area (Å²) in [5.74, 6) is 0.222. The molecule has 0 saturated heterocycles. The molecular weight excluding hydrogens is 305 g/mol. The van der Waals surface area contributed by atoms with Crippen LogP contribution in [0.5, 0.6) is 5.75 Å². The second kappa shape index (κ2) is 8.48. The molecule has 0 aliphatic rings. The first-order chi connectivity index (χ1) is 11.5. The molecule has 3 nitrogen and oxygen atoms in total. The number of rotatable bonds is 7. The summed E-state index contributed by atoms with van der Waals surface area (Å²) < 4.78 is 18.8. The lowest BCUT2D eigenvalue weighted by Crippen LogP contribution is -2.39. The Bertz CT molecular complexity index is 652. The van der Waals surface area contributed by atoms with E-state index < -0.39 is 6.10 Å². The maximum absolute atomic E-state index is 13.0. The van der Waals surface area contributed by atoms with Crippen LogP contribution < -0.4 is 10.1 Å². The molecule has 0 radical (unpaired) electrons. The summed E-state index contributed by atoms with van der Waals surface area (Å²) in [5.41, 5.74) is 2.08. The molecule has 0 aromatic heterocycles. The topological polar surface area (TPSA) is 38.3 Å². The summed E-state index contributed by atoms with van der Waals surface area (Å²) in [6.45, 7) is 5.87. The molecule has 2 unspecified atom stereocenters. The standard InChI is InChI=1S/C20H24FNO2/c1-4-15-6-12-18(13-7-15)24-19(5-2)20(23)22-14(3)16-8-10-17(21)11-9-16/h6-14,19H,4-5H2,1-3H3,(H,22,23). The number of benzene rings is 2. The maximum Gasteiger partial charge on any atom is 0.261 e. The minimum atomic E-state index is -0.555. The van der Waals surface area contributed by atoms with Crippen LogP contribution >= 0.6 is 0 Å². The van der Waals surface area contributed by atoms with E-state index in [1.54, 1.807) is 12.1 Å². The molecule has 2 atom stereocenters. The van der Waals surface area contributed by atoms with Crippen molar-refractivity contribution in [2.24, 2.45) is 0 Å². The number of nitrogens with one attached hydrogen (secondary N) is 1. The van der Waals surface area contributed by atoms with Gasteiger partial charge in [-0.1, -0.05) is 38.1 Å². The summed E-state index contributed by atoms with van der Waals surface area (Å²) in [6.07, 6.45) is 0.977. The zero-order valence-corrected chi connectivity index (χ0v) is 14.4. The fraction of sp³-hybridized carbons (Fsp3) is 0.350. The number of hydrogen-bond donors (Lipinski definition) is 1. The molecule has 0 heterocycles. The van der Waals surface area contributed by atoms with E-state index in [1.807, 2.05) is 38.1 Å². The van der Waals surface area contributed by atoms with E-state index in [0.717, 1.165) is 12.0 Å². The third kappa shape index (κ3) is 4.82. The van der Waals surface area contributed by atoms with Crippen LogP contribution in [0.4, 0.5) is 4.39 Å². The smallest absolute Gasteiger partial charge is 0.261 e. The average Bonchev–Trinajstić information content (AvgIpc) is 2.60. The fourth-order valence-electron chi connectivity index (χ4n) is 2.43. The van der Waals surface area contributed by atoms with Crippen molar-refractivity contribution in [2.75, 3.05) is 0 Å². The van der Waals surface area contributed by atoms with E-state index in [4.69, 9.17) is 4.74 Å². The van der Waals surface area contributed by atoms with E-state index in [0.29, 0.717) is 12.2 Å². The molecule has 128 valence electrons. The quantitative estimate of drug-likeness (QED) is 0.816. The normalized spacial score (nSPS) is 13.2. The van der Waals surface area contributed by atoms with Crippen molar-refractivity contribution >= 4 is 5.91 Å². The largest absolute Gasteiger partial charge is 0.481 e. The third-order valence-corrected chi connectivity index (χ3v) is 4.00. The van der Waals surface area contributed by atoms with Crippen LogP contribution in [-0.4, -0.2) is 12.0 Å². The van der Waals surface area contributed by atoms with Crippen LogP contribution in [0.2, 0.25) is 0 Å². The van der Waals surface area contributed by atoms with Gasteiger partial charge in [0.1, 0.15) is 11.6 Å². The Morgan fingerprint density at radius 2 is 1.71 bits per heavy atom. The predicted molar refractivity (Wildman–Crippen MR) is 93.5 cm³/mol. The van der Waals surface area contributed by atoms with Crippen LogP contribution in [0.1, 0.15) is 44.4 Å². The molecule has 0 spiro atoms. The molecule has 0 fully saturated rings. The minimum Gasteiger partial charge on any atom is -0.481 e. The molecule has 0 saturated carbocycles. The predicted octanol–water partition coefficient (Wildman–Crippen LogP) is 4.42. The highest BCUT2D eigenvalue weighted by atomic mass is 19.1. The maximum atomic E-state index is 13.0. The van der Waals surface area contributed by atoms with Gasteiger partial charge < -0.3 is 10.1 Å². The molecule has 2 aromatic rings. The number of aryl methyl sites for hydroxylation is 1. The Morgan fingerprint density at radius 1 is 1.08 bits per heavy atom. The SMILES string of the molecule is CCc1ccc(OC(CC)C(=O)NC(C)c2ccc(F)cc2)cc1. The van der Waals surface area contributed by atoms with Gasteiger partial charge in [-0.25, -0.2) is 4.39 Å². The Kier molecular flexibility index (Phi) is 6.36. The van der Waals surface area contributed by atoms with Crippen molar-refractivity contribution in [3.05, 3.63) is 65.5 Å². The lowest BCUT2D eigenvalue weighted by molar-refractivity contribution is -0.128. The van der Waals surface area contributed by atoms with Crippen molar-refractivity contribution < 1.29 is 13.9 Å². The van der Waals surface area contributed by atoms with E-state index in [2.05, 4.69) is 12.2 Å². The number of carbonyl (C=O) groups is 1. The summed E-state index contributed by atoms with van der Waals surface area (Å²) in [6, 6.07) is 13.7. The van der Waals surface area contributed by atoms with Gasteiger partial charge in [-0.05, 0) is 55.2 Å². The zero-order valence-electron chi connectivity index (χ0n) is 14.4. The van der Waals surface area contributed by atoms with Crippen molar-refractivity contribution in [3.8, 4) is 5.75 Å². The molecule has 0 aliphatic heterocycles. The van der Waals surface area contributed by atoms with Gasteiger partial charge in [0, 0.05) is 0 Å². The van der Waals surface area contributed by atoms with Crippen molar-refractivity contribution in [1.82, 2.24) is 5.32 Å². The van der Waals surface area contributed by atoms with Crippen LogP contribution in [-0.2, 0) is 11.2 Å². The number of amides is 1. The van der Waals surface area contributed by atoms with Gasteiger partial charge in [0.15, 0.2) is 6.10 Å². The Balaban J connectivity index is 1.98. The molecule has 1 N–H and O–H groups in total. The number of hydrogen-bond acceptors (Lipinski definition) is 2. The van der Waals surface area contributed by atoms with E-state index in [9.17, 15) is 9.18 Å². The second-order valence-corrected chi connectivity index (χ2v) is 5.79. The van der Waals surface area contributed by atoms with Crippen molar-refractivity contribution in [2.45, 2.75) is 45.8 Å². The average molecular weight is 329 g/mol. The second-order valence-electron chi connectivity index (χ2n) is 5.79. The van der Waals surface area contributed by atoms with Gasteiger partial charge in [0.2, 0.25) is 0 Å². The number of carbonyl (C=O) groups excluding carboxylic acids is 1. The molecular formula is C20H24FNO2. The monoisotopic (exact) mass is 329 g/mol. The Morgan fingerprint density at radius 3 is 2.25 bits per heavy atom. The molecule has 0 aliphatic carbocycles. The molecule has 4 heteroatoms. The van der Waals surface area contributed by atoms with Crippen LogP contribution in [0.15, 0.2) is 48.5 Å². The number of ether oxygens (including phenoxy) is 1. The molecule has 2 rings (SSSR count). The Hall–Kier alpha value is -2.36. The summed E-state index contributed by atoms with van der Waals surface area (Å²) in [5, 5.41) is 2.92. The van der Waals surface area contributed by atoms with E-state index in [-0.39, 0.29) is 17.8 Å². The van der Waals surface area contributed by atoms with Crippen molar-refractivity contribution in [1.29, 1.82) is 0 Å². The van der Waals surface area contributed by atoms with Gasteiger partial charge in [0.05, 0.1) is 6.04 Å². The van der Waals surface area contributed by atoms with Crippen LogP contribution in [0.25, 0.3) is 0 Å². The summed E-state index contributed by atoms with van der Waals surface area (Å²) >= 11 is 0. The van der Waals surface area contributed by atoms with Gasteiger partial charge >= 0.3 is 0 Å². The first-order valence-electron chi connectivity index (χ1n) is 8.35. The summed E-state index contributed by atoms with van der Waals surface area (Å²) in [4.78, 5) is 12.4. The first-order valence-corrected chi connectivity index (χ1v) is 8.35. The third-order valence-electron chi connectivity index (χ3n) is 4.00. The first kappa shape index (κ1) is 18.0. The van der Waals surface area contributed by atoms with Gasteiger partial charge in [-0.3, -0.25) is 4.79 Å². The van der Waals surface area contributed by atoms with E-state index in [1.165, 1.54) is 17.7 Å². The summed E-state index contributed by atoms with van der Waals surface area (Å²) in [7, 11) is 0. The molecule has 1 amide bonds. The van der Waals surface area contributed by atoms with Crippen LogP contribution in [0, 0.1) is 5.82 Å². The molecule has 2 aromatic carbocycles. The lowest BCUT2D eigenvalue weighted by Gasteiger charge is -2.21. The minimum absolute atomic E-state index is 0.172. The molecule has 0 bridgehead atoms. The number of halogens is 1. The highest BCUT2D eigenvalue weighted by Gasteiger charge is 2.20. The zero-order chi connectivity index (χ0) is 17.5. The molecule has 24 heavy (non-hydrogen) atoms. The highest BCUT2D eigenvalue weighted by molar-refractivity contribution is 5.81. The highest BCUT2D eigenvalue weighted by Crippen LogP contribution is 2.17. The Labute approximate surface area is 142 Å². The van der Waals surface area contributed by atoms with E-state index >= 15 is 0 Å². The fourth-order valence-corrected chi connectivity index (χ4v) is 2.43. The lowest BCUT2D eigenvalue weighted by atomic mass is 10.1. The van der Waals surface area contributed by atoms with Crippen LogP contribution in [0.3, 0.4) is 0 Å². The van der Waals surface area contributed by atoms with Crippen molar-refractivity contribution in [3.63, 3.8) is 0 Å². The van der Waals surface area contributed by atoms with Gasteiger partial charge in [0.25, 0.3) is 5.91 Å². The van der Waals surface area contributed by atoms with Gasteiger partial charge in [-0.2, -0.15) is 0 Å². The van der Waals surface area contributed by atoms with Gasteiger partial charge in [-0.15, -0.1) is 0 Å².